The van der Waals surface area contributed by atoms with Crippen LogP contribution in [-0.4, -0.2) is 50.7 Å². The van der Waals surface area contributed by atoms with Gasteiger partial charge >= 0.3 is 6.61 Å². The van der Waals surface area contributed by atoms with Gasteiger partial charge in [0.2, 0.25) is 0 Å². The number of alkyl halides is 2. The highest BCUT2D eigenvalue weighted by Crippen LogP contribution is 2.29. The van der Waals surface area contributed by atoms with E-state index in [1.807, 2.05) is 6.07 Å². The van der Waals surface area contributed by atoms with E-state index in [-0.39, 0.29) is 17.4 Å². The van der Waals surface area contributed by atoms with Crippen LogP contribution in [0.1, 0.15) is 21.5 Å². The van der Waals surface area contributed by atoms with Crippen LogP contribution in [0, 0.1) is 6.92 Å². The molecule has 1 fully saturated rings. The van der Waals surface area contributed by atoms with Crippen LogP contribution in [0.2, 0.25) is 0 Å². The maximum atomic E-state index is 12.8. The van der Waals surface area contributed by atoms with E-state index in [0.29, 0.717) is 18.7 Å². The SMILES string of the molecule is COc1cc(C(=O)N2CC[NH+](Cc3ccccc3C)CC2)ccc1OC(F)F. The van der Waals surface area contributed by atoms with Gasteiger partial charge < -0.3 is 19.3 Å². The van der Waals surface area contributed by atoms with Gasteiger partial charge in [-0.25, -0.2) is 0 Å². The number of hydrogen-bond donors (Lipinski definition) is 1. The van der Waals surface area contributed by atoms with Gasteiger partial charge in [-0.05, 0) is 30.7 Å². The first-order chi connectivity index (χ1) is 13.5. The minimum Gasteiger partial charge on any atom is -0.493 e. The first-order valence-electron chi connectivity index (χ1n) is 9.28. The second-order valence-corrected chi connectivity index (χ2v) is 6.89. The number of ether oxygens (including phenoxy) is 2. The summed E-state index contributed by atoms with van der Waals surface area (Å²) in [6, 6.07) is 12.6. The number of aryl methyl sites for hydroxylation is 1. The number of carbonyl (C=O) groups is 1. The van der Waals surface area contributed by atoms with Gasteiger partial charge in [-0.2, -0.15) is 8.78 Å². The summed E-state index contributed by atoms with van der Waals surface area (Å²) in [5, 5.41) is 0. The van der Waals surface area contributed by atoms with Crippen LogP contribution in [0.25, 0.3) is 0 Å². The molecule has 1 heterocycles. The van der Waals surface area contributed by atoms with Crippen molar-refractivity contribution >= 4 is 5.91 Å². The number of rotatable bonds is 6. The van der Waals surface area contributed by atoms with E-state index in [1.54, 1.807) is 4.90 Å². The molecule has 0 radical (unpaired) electrons. The van der Waals surface area contributed by atoms with E-state index >= 15 is 0 Å². The van der Waals surface area contributed by atoms with Gasteiger partial charge in [0, 0.05) is 11.1 Å². The lowest BCUT2D eigenvalue weighted by atomic mass is 10.1. The van der Waals surface area contributed by atoms with Crippen LogP contribution >= 0.6 is 0 Å². The third kappa shape index (κ3) is 4.78. The number of nitrogens with one attached hydrogen (secondary N) is 1. The average molecular weight is 391 g/mol. The number of hydrogen-bond acceptors (Lipinski definition) is 3. The van der Waals surface area contributed by atoms with Crippen molar-refractivity contribution in [2.24, 2.45) is 0 Å². The molecule has 3 rings (SSSR count). The van der Waals surface area contributed by atoms with Gasteiger partial charge in [-0.1, -0.05) is 24.3 Å². The van der Waals surface area contributed by atoms with E-state index in [1.165, 1.54) is 41.3 Å². The van der Waals surface area contributed by atoms with Crippen LogP contribution in [-0.2, 0) is 6.54 Å². The van der Waals surface area contributed by atoms with Crippen molar-refractivity contribution in [2.45, 2.75) is 20.1 Å². The molecule has 1 aliphatic heterocycles. The molecule has 1 saturated heterocycles. The lowest BCUT2D eigenvalue weighted by molar-refractivity contribution is -0.917. The van der Waals surface area contributed by atoms with Crippen LogP contribution in [0.15, 0.2) is 42.5 Å². The summed E-state index contributed by atoms with van der Waals surface area (Å²) in [4.78, 5) is 16.0. The molecule has 0 aliphatic carbocycles. The molecular formula is C21H25F2N2O3+. The molecule has 7 heteroatoms. The molecule has 0 aromatic heterocycles. The fourth-order valence-electron chi connectivity index (χ4n) is 3.46. The lowest BCUT2D eigenvalue weighted by Crippen LogP contribution is -3.13. The van der Waals surface area contributed by atoms with E-state index in [9.17, 15) is 13.6 Å². The van der Waals surface area contributed by atoms with Crippen molar-refractivity contribution in [2.75, 3.05) is 33.3 Å². The monoisotopic (exact) mass is 391 g/mol. The molecule has 1 amide bonds. The summed E-state index contributed by atoms with van der Waals surface area (Å²) in [5.41, 5.74) is 3.02. The number of methoxy groups -OCH3 is 1. The summed E-state index contributed by atoms with van der Waals surface area (Å²) < 4.78 is 34.4. The number of benzene rings is 2. The third-order valence-corrected chi connectivity index (χ3v) is 5.09. The number of halogens is 2. The van der Waals surface area contributed by atoms with E-state index in [0.717, 1.165) is 19.6 Å². The predicted octanol–water partition coefficient (Wildman–Crippen LogP) is 2.15. The Balaban J connectivity index is 1.61. The number of nitrogens with zero attached hydrogens (tertiary/aromatic N) is 1. The molecule has 1 aliphatic rings. The molecule has 0 saturated carbocycles. The van der Waals surface area contributed by atoms with Crippen LogP contribution < -0.4 is 14.4 Å². The molecule has 1 N–H and O–H groups in total. The molecule has 0 bridgehead atoms. The zero-order valence-electron chi connectivity index (χ0n) is 16.1. The summed E-state index contributed by atoms with van der Waals surface area (Å²) in [5.74, 6) is -0.0895. The third-order valence-electron chi connectivity index (χ3n) is 5.09. The fraction of sp³-hybridized carbons (Fsp3) is 0.381. The molecule has 0 spiro atoms. The number of amides is 1. The van der Waals surface area contributed by atoms with Gasteiger partial charge in [-0.3, -0.25) is 4.79 Å². The molecule has 5 nitrogen and oxygen atoms in total. The quantitative estimate of drug-likeness (QED) is 0.821. The van der Waals surface area contributed by atoms with Gasteiger partial charge in [0.15, 0.2) is 11.5 Å². The Kier molecular flexibility index (Phi) is 6.46. The van der Waals surface area contributed by atoms with E-state index < -0.39 is 6.61 Å². The van der Waals surface area contributed by atoms with Crippen molar-refractivity contribution in [1.82, 2.24) is 4.90 Å². The molecule has 2 aromatic rings. The second-order valence-electron chi connectivity index (χ2n) is 6.89. The Bertz CT molecular complexity index is 821. The van der Waals surface area contributed by atoms with Gasteiger partial charge in [0.05, 0.1) is 33.3 Å². The highest BCUT2D eigenvalue weighted by molar-refractivity contribution is 5.95. The highest BCUT2D eigenvalue weighted by atomic mass is 19.3. The van der Waals surface area contributed by atoms with Crippen LogP contribution in [0.4, 0.5) is 8.78 Å². The largest absolute Gasteiger partial charge is 0.493 e. The Morgan fingerprint density at radius 1 is 1.14 bits per heavy atom. The molecule has 2 aromatic carbocycles. The van der Waals surface area contributed by atoms with Crippen molar-refractivity contribution < 1.29 is 27.9 Å². The zero-order valence-corrected chi connectivity index (χ0v) is 16.1. The first-order valence-corrected chi connectivity index (χ1v) is 9.28. The molecule has 0 atom stereocenters. The van der Waals surface area contributed by atoms with Crippen LogP contribution in [0.5, 0.6) is 11.5 Å². The van der Waals surface area contributed by atoms with Gasteiger partial charge in [0.1, 0.15) is 6.54 Å². The highest BCUT2D eigenvalue weighted by Gasteiger charge is 2.25. The molecule has 28 heavy (non-hydrogen) atoms. The number of piperazine rings is 1. The van der Waals surface area contributed by atoms with Gasteiger partial charge in [-0.15, -0.1) is 0 Å². The van der Waals surface area contributed by atoms with Crippen molar-refractivity contribution in [3.63, 3.8) is 0 Å². The average Bonchev–Trinajstić information content (AvgIpc) is 2.69. The Hall–Kier alpha value is -2.67. The van der Waals surface area contributed by atoms with Gasteiger partial charge in [0.25, 0.3) is 5.91 Å². The summed E-state index contributed by atoms with van der Waals surface area (Å²) in [6.45, 7) is 3.15. The maximum Gasteiger partial charge on any atom is 0.387 e. The fourth-order valence-corrected chi connectivity index (χ4v) is 3.46. The second kappa shape index (κ2) is 9.01. The first kappa shape index (κ1) is 20.1. The summed E-state index contributed by atoms with van der Waals surface area (Å²) in [6.07, 6.45) is 0. The maximum absolute atomic E-state index is 12.8. The topological polar surface area (TPSA) is 43.2 Å². The van der Waals surface area contributed by atoms with Crippen molar-refractivity contribution in [3.8, 4) is 11.5 Å². The number of carbonyl (C=O) groups excluding carboxylic acids is 1. The zero-order chi connectivity index (χ0) is 20.1. The normalized spacial score (nSPS) is 15.0. The minimum absolute atomic E-state index is 0.0819. The summed E-state index contributed by atoms with van der Waals surface area (Å²) in [7, 11) is 1.36. The summed E-state index contributed by atoms with van der Waals surface area (Å²) >= 11 is 0. The molecule has 0 unspecified atom stereocenters. The van der Waals surface area contributed by atoms with E-state index in [2.05, 4.69) is 29.9 Å². The van der Waals surface area contributed by atoms with E-state index in [4.69, 9.17) is 4.74 Å². The van der Waals surface area contributed by atoms with Crippen molar-refractivity contribution in [3.05, 3.63) is 59.2 Å². The predicted molar refractivity (Wildman–Crippen MR) is 101 cm³/mol. The lowest BCUT2D eigenvalue weighted by Gasteiger charge is -2.32. The Morgan fingerprint density at radius 3 is 2.50 bits per heavy atom. The van der Waals surface area contributed by atoms with Crippen LogP contribution in [0.3, 0.4) is 0 Å². The Labute approximate surface area is 163 Å². The standard InChI is InChI=1S/C21H24F2N2O3/c1-15-5-3-4-6-17(15)14-24-9-11-25(12-10-24)20(26)16-7-8-18(28-21(22)23)19(13-16)27-2/h3-8,13,21H,9-12,14H2,1-2H3/p+1. The smallest absolute Gasteiger partial charge is 0.387 e. The molecular weight excluding hydrogens is 366 g/mol. The minimum atomic E-state index is -2.94. The van der Waals surface area contributed by atoms with Crippen molar-refractivity contribution in [1.29, 1.82) is 0 Å². The Morgan fingerprint density at radius 2 is 1.86 bits per heavy atom. The molecule has 150 valence electrons. The number of quaternary nitrogens is 1.